The van der Waals surface area contributed by atoms with Crippen LogP contribution in [0.25, 0.3) is 10.8 Å². The zero-order valence-electron chi connectivity index (χ0n) is 10.5. The van der Waals surface area contributed by atoms with Crippen LogP contribution in [-0.2, 0) is 0 Å². The van der Waals surface area contributed by atoms with E-state index in [-0.39, 0.29) is 0 Å². The monoisotopic (exact) mass is 264 g/mol. The number of hydrogen-bond acceptors (Lipinski definition) is 5. The minimum atomic E-state index is -1.32. The zero-order valence-corrected chi connectivity index (χ0v) is 10.5. The van der Waals surface area contributed by atoms with E-state index >= 15 is 0 Å². The lowest BCUT2D eigenvalue weighted by Crippen LogP contribution is -2.30. The molecule has 5 nitrogen and oxygen atoms in total. The molecule has 0 spiro atoms. The normalized spacial score (nSPS) is 17.8. The minimum absolute atomic E-state index is 0.416. The van der Waals surface area contributed by atoms with Crippen molar-refractivity contribution in [3.05, 3.63) is 45.1 Å². The summed E-state index contributed by atoms with van der Waals surface area (Å²) >= 11 is 0. The molecule has 4 rings (SSSR count). The fourth-order valence-corrected chi connectivity index (χ4v) is 2.06. The van der Waals surface area contributed by atoms with Gasteiger partial charge in [-0.15, -0.1) is 0 Å². The summed E-state index contributed by atoms with van der Waals surface area (Å²) in [5, 5.41) is 18.7. The van der Waals surface area contributed by atoms with Crippen LogP contribution in [0.2, 0.25) is 0 Å². The SMILES string of the molecule is O=c1oc(=O)c2ccc1cc2.OC1(O)CCCCC1. The third-order valence-corrected chi connectivity index (χ3v) is 3.20. The summed E-state index contributed by atoms with van der Waals surface area (Å²) in [5.41, 5.74) is -1.15. The van der Waals surface area contributed by atoms with Crippen LogP contribution in [0.3, 0.4) is 0 Å². The number of aliphatic hydroxyl groups is 2. The summed E-state index contributed by atoms with van der Waals surface area (Å²) in [4.78, 5) is 21.8. The quantitative estimate of drug-likeness (QED) is 0.698. The molecule has 19 heavy (non-hydrogen) atoms. The summed E-state index contributed by atoms with van der Waals surface area (Å²) in [5.74, 6) is -1.32. The van der Waals surface area contributed by atoms with Crippen LogP contribution in [0.15, 0.2) is 38.3 Å². The zero-order chi connectivity index (χ0) is 13.9. The van der Waals surface area contributed by atoms with Gasteiger partial charge in [-0.1, -0.05) is 6.42 Å². The molecule has 1 aromatic carbocycles. The highest BCUT2D eigenvalue weighted by Gasteiger charge is 2.24. The number of benzene rings is 1. The topological polar surface area (TPSA) is 87.7 Å². The maximum Gasteiger partial charge on any atom is 0.346 e. The first kappa shape index (κ1) is 13.7. The van der Waals surface area contributed by atoms with Crippen LogP contribution >= 0.6 is 0 Å². The molecule has 0 atom stereocenters. The Morgan fingerprint density at radius 3 is 1.58 bits per heavy atom. The molecule has 5 heteroatoms. The summed E-state index contributed by atoms with van der Waals surface area (Å²) in [6, 6.07) is 6.29. The predicted octanol–water partition coefficient (Wildman–Crippen LogP) is 1.22. The first-order chi connectivity index (χ1) is 8.98. The molecule has 2 aromatic heterocycles. The summed E-state index contributed by atoms with van der Waals surface area (Å²) < 4.78 is 4.42. The molecule has 102 valence electrons. The van der Waals surface area contributed by atoms with Crippen molar-refractivity contribution in [2.75, 3.05) is 0 Å². The first-order valence-corrected chi connectivity index (χ1v) is 6.29. The third kappa shape index (κ3) is 3.62. The molecule has 1 fully saturated rings. The van der Waals surface area contributed by atoms with Crippen LogP contribution in [0.5, 0.6) is 0 Å². The van der Waals surface area contributed by atoms with Gasteiger partial charge in [-0.3, -0.25) is 0 Å². The summed E-state index contributed by atoms with van der Waals surface area (Å²) in [6.07, 6.45) is 4.21. The lowest BCUT2D eigenvalue weighted by atomic mass is 9.95. The van der Waals surface area contributed by atoms with Crippen LogP contribution in [0.4, 0.5) is 0 Å². The van der Waals surface area contributed by atoms with Crippen molar-refractivity contribution in [2.24, 2.45) is 0 Å². The van der Waals surface area contributed by atoms with Crippen molar-refractivity contribution in [3.8, 4) is 0 Å². The van der Waals surface area contributed by atoms with Crippen molar-refractivity contribution >= 4 is 10.8 Å². The van der Waals surface area contributed by atoms with E-state index in [0.717, 1.165) is 19.3 Å². The molecule has 1 aliphatic carbocycles. The summed E-state index contributed by atoms with van der Waals surface area (Å²) in [7, 11) is 0. The van der Waals surface area contributed by atoms with Gasteiger partial charge in [0.15, 0.2) is 5.79 Å². The van der Waals surface area contributed by atoms with Crippen molar-refractivity contribution in [2.45, 2.75) is 37.9 Å². The van der Waals surface area contributed by atoms with Crippen LogP contribution in [0, 0.1) is 0 Å². The largest absolute Gasteiger partial charge is 0.386 e. The lowest BCUT2D eigenvalue weighted by molar-refractivity contribution is -0.180. The Labute approximate surface area is 109 Å². The van der Waals surface area contributed by atoms with Crippen molar-refractivity contribution in [1.82, 2.24) is 0 Å². The van der Waals surface area contributed by atoms with Crippen molar-refractivity contribution in [1.29, 1.82) is 0 Å². The summed E-state index contributed by atoms with van der Waals surface area (Å²) in [6.45, 7) is 0. The van der Waals surface area contributed by atoms with Crippen molar-refractivity contribution < 1.29 is 14.6 Å². The van der Waals surface area contributed by atoms with Crippen molar-refractivity contribution in [3.63, 3.8) is 0 Å². The molecule has 0 radical (unpaired) electrons. The van der Waals surface area contributed by atoms with Gasteiger partial charge >= 0.3 is 11.3 Å². The Hall–Kier alpha value is -1.72. The molecular weight excluding hydrogens is 248 g/mol. The Bertz CT molecular complexity index is 571. The van der Waals surface area contributed by atoms with E-state index in [1.54, 1.807) is 24.3 Å². The van der Waals surface area contributed by atoms with Gasteiger partial charge in [-0.25, -0.2) is 9.59 Å². The maximum atomic E-state index is 10.9. The van der Waals surface area contributed by atoms with Gasteiger partial charge in [0.1, 0.15) is 0 Å². The molecule has 2 heterocycles. The second-order valence-electron chi connectivity index (χ2n) is 4.80. The minimum Gasteiger partial charge on any atom is -0.386 e. The highest BCUT2D eigenvalue weighted by molar-refractivity contribution is 5.61. The van der Waals surface area contributed by atoms with Gasteiger partial charge in [-0.05, 0) is 37.1 Å². The number of rotatable bonds is 0. The fourth-order valence-electron chi connectivity index (χ4n) is 2.06. The number of fused-ring (bicyclic) bond motifs is 4. The molecule has 2 bridgehead atoms. The second kappa shape index (κ2) is 5.50. The van der Waals surface area contributed by atoms with Crippen LogP contribution < -0.4 is 11.3 Å². The fraction of sp³-hybridized carbons (Fsp3) is 0.429. The van der Waals surface area contributed by atoms with E-state index in [1.807, 2.05) is 0 Å². The highest BCUT2D eigenvalue weighted by atomic mass is 16.5. The Balaban J connectivity index is 0.000000148. The smallest absolute Gasteiger partial charge is 0.346 e. The maximum absolute atomic E-state index is 10.9. The highest BCUT2D eigenvalue weighted by Crippen LogP contribution is 2.24. The Morgan fingerprint density at radius 2 is 1.26 bits per heavy atom. The average molecular weight is 264 g/mol. The molecule has 3 aromatic rings. The van der Waals surface area contributed by atoms with Gasteiger partial charge < -0.3 is 14.6 Å². The Kier molecular flexibility index (Phi) is 3.97. The molecule has 0 saturated heterocycles. The average Bonchev–Trinajstić information content (AvgIpc) is 2.59. The van der Waals surface area contributed by atoms with Gasteiger partial charge in [0.25, 0.3) is 0 Å². The van der Waals surface area contributed by atoms with Gasteiger partial charge in [0, 0.05) is 12.8 Å². The van der Waals surface area contributed by atoms with E-state index in [4.69, 9.17) is 10.2 Å². The van der Waals surface area contributed by atoms with Crippen LogP contribution in [-0.4, -0.2) is 16.0 Å². The molecule has 0 amide bonds. The molecule has 0 aliphatic heterocycles. The van der Waals surface area contributed by atoms with E-state index in [1.165, 1.54) is 0 Å². The molecule has 1 aliphatic rings. The number of hydrogen-bond donors (Lipinski definition) is 2. The first-order valence-electron chi connectivity index (χ1n) is 6.29. The molecule has 2 N–H and O–H groups in total. The van der Waals surface area contributed by atoms with E-state index < -0.39 is 17.0 Å². The van der Waals surface area contributed by atoms with Gasteiger partial charge in [-0.2, -0.15) is 0 Å². The lowest BCUT2D eigenvalue weighted by Gasteiger charge is -2.25. The molecule has 0 unspecified atom stereocenters. The van der Waals surface area contributed by atoms with E-state index in [9.17, 15) is 9.59 Å². The molecule has 1 saturated carbocycles. The van der Waals surface area contributed by atoms with Gasteiger partial charge in [0.05, 0.1) is 10.8 Å². The van der Waals surface area contributed by atoms with E-state index in [2.05, 4.69) is 4.42 Å². The predicted molar refractivity (Wildman–Crippen MR) is 70.2 cm³/mol. The second-order valence-corrected chi connectivity index (χ2v) is 4.80. The van der Waals surface area contributed by atoms with Crippen LogP contribution in [0.1, 0.15) is 32.1 Å². The third-order valence-electron chi connectivity index (χ3n) is 3.20. The van der Waals surface area contributed by atoms with E-state index in [0.29, 0.717) is 23.6 Å². The molecular formula is C14H16O5. The Morgan fingerprint density at radius 1 is 0.842 bits per heavy atom. The standard InChI is InChI=1S/C8H4O3.C6H12O2/c9-7-5-1-2-6(4-3-5)8(10)11-7;7-6(8)4-2-1-3-5-6/h1-4H;7-8H,1-5H2. The van der Waals surface area contributed by atoms with Gasteiger partial charge in [0.2, 0.25) is 0 Å².